The molecule has 1 saturated carbocycles. The fraction of sp³-hybridized carbons (Fsp3) is 0.304. The number of nitrogens with one attached hydrogen (secondary N) is 2. The number of esters is 1. The summed E-state index contributed by atoms with van der Waals surface area (Å²) < 4.78 is 6.25. The number of amides is 1. The number of aromatic amines is 1. The lowest BCUT2D eigenvalue weighted by Gasteiger charge is -2.22. The van der Waals surface area contributed by atoms with Gasteiger partial charge in [-0.25, -0.2) is 4.79 Å². The van der Waals surface area contributed by atoms with E-state index >= 15 is 0 Å². The van der Waals surface area contributed by atoms with Crippen molar-refractivity contribution in [1.29, 1.82) is 0 Å². The number of rotatable bonds is 4. The summed E-state index contributed by atoms with van der Waals surface area (Å²) in [5, 5.41) is 3.46. The van der Waals surface area contributed by atoms with E-state index in [1.807, 2.05) is 0 Å². The summed E-state index contributed by atoms with van der Waals surface area (Å²) in [6, 6.07) is 11.7. The van der Waals surface area contributed by atoms with Gasteiger partial charge in [0.25, 0.3) is 11.5 Å². The van der Waals surface area contributed by atoms with E-state index in [1.165, 1.54) is 30.2 Å². The van der Waals surface area contributed by atoms with E-state index < -0.39 is 5.97 Å². The number of hydrogen-bond acceptors (Lipinski definition) is 5. The van der Waals surface area contributed by atoms with Crippen LogP contribution < -0.4 is 10.9 Å². The van der Waals surface area contributed by atoms with Crippen molar-refractivity contribution in [1.82, 2.24) is 14.9 Å². The second-order valence-electron chi connectivity index (χ2n) is 7.68. The molecule has 7 nitrogen and oxygen atoms in total. The first kappa shape index (κ1) is 21.0. The molecule has 31 heavy (non-hydrogen) atoms. The number of benzene rings is 2. The number of nitrogens with zero attached hydrogens (tertiary/aromatic N) is 1. The lowest BCUT2D eigenvalue weighted by atomic mass is 9.95. The number of fused-ring (bicyclic) bond motifs is 1. The predicted octanol–water partition coefficient (Wildman–Crippen LogP) is 3.90. The Bertz CT molecular complexity index is 1270. The van der Waals surface area contributed by atoms with Crippen LogP contribution in [0.25, 0.3) is 16.6 Å². The maximum absolute atomic E-state index is 13.2. The molecule has 4 rings (SSSR count). The van der Waals surface area contributed by atoms with Crippen LogP contribution in [0.15, 0.2) is 47.3 Å². The van der Waals surface area contributed by atoms with E-state index in [-0.39, 0.29) is 22.3 Å². The summed E-state index contributed by atoms with van der Waals surface area (Å²) in [7, 11) is 1.30. The van der Waals surface area contributed by atoms with Crippen LogP contribution in [-0.2, 0) is 4.74 Å². The number of carbonyl (C=O) groups is 2. The van der Waals surface area contributed by atoms with E-state index in [2.05, 4.69) is 10.3 Å². The molecule has 160 valence electrons. The Hall–Kier alpha value is -3.26. The van der Waals surface area contributed by atoms with E-state index in [1.54, 1.807) is 30.3 Å². The minimum absolute atomic E-state index is 0.153. The van der Waals surface area contributed by atoms with Gasteiger partial charge in [0.15, 0.2) is 4.77 Å². The molecule has 0 saturated heterocycles. The quantitative estimate of drug-likeness (QED) is 0.477. The molecule has 0 bridgehead atoms. The van der Waals surface area contributed by atoms with Gasteiger partial charge in [0.2, 0.25) is 0 Å². The minimum atomic E-state index is -0.498. The van der Waals surface area contributed by atoms with Crippen LogP contribution in [-0.4, -0.2) is 34.6 Å². The van der Waals surface area contributed by atoms with Crippen molar-refractivity contribution in [2.75, 3.05) is 7.11 Å². The molecule has 8 heteroatoms. The van der Waals surface area contributed by atoms with Crippen LogP contribution in [0.5, 0.6) is 0 Å². The first-order valence-corrected chi connectivity index (χ1v) is 10.7. The molecular formula is C23H23N3O4S. The third kappa shape index (κ3) is 4.29. The summed E-state index contributed by atoms with van der Waals surface area (Å²) in [5.74, 6) is -0.651. The number of ether oxygens (including phenoxy) is 1. The molecule has 1 heterocycles. The standard InChI is InChI=1S/C23H23N3O4S/c1-30-22(29)15-10-11-18-19(13-15)25-23(31)26(21(18)28)17-9-5-6-14(12-17)20(27)24-16-7-3-2-4-8-16/h5-6,9-13,16H,2-4,7-8H2,1H3,(H,24,27)(H,25,31). The number of H-pyrrole nitrogens is 1. The van der Waals surface area contributed by atoms with Crippen molar-refractivity contribution in [2.45, 2.75) is 38.1 Å². The number of carbonyl (C=O) groups excluding carboxylic acids is 2. The lowest BCUT2D eigenvalue weighted by Crippen LogP contribution is -2.36. The highest BCUT2D eigenvalue weighted by Crippen LogP contribution is 2.19. The monoisotopic (exact) mass is 437 g/mol. The third-order valence-corrected chi connectivity index (χ3v) is 5.91. The highest BCUT2D eigenvalue weighted by molar-refractivity contribution is 7.71. The molecule has 0 aliphatic heterocycles. The smallest absolute Gasteiger partial charge is 0.337 e. The fourth-order valence-corrected chi connectivity index (χ4v) is 4.30. The van der Waals surface area contributed by atoms with Gasteiger partial charge in [-0.1, -0.05) is 25.3 Å². The van der Waals surface area contributed by atoms with Crippen LogP contribution in [0.3, 0.4) is 0 Å². The van der Waals surface area contributed by atoms with Crippen LogP contribution in [0.1, 0.15) is 52.8 Å². The van der Waals surface area contributed by atoms with Crippen LogP contribution in [0, 0.1) is 4.77 Å². The Morgan fingerprint density at radius 3 is 2.61 bits per heavy atom. The third-order valence-electron chi connectivity index (χ3n) is 5.63. The van der Waals surface area contributed by atoms with Gasteiger partial charge >= 0.3 is 5.97 Å². The SMILES string of the molecule is COC(=O)c1ccc2c(=O)n(-c3cccc(C(=O)NC4CCCCC4)c3)c(=S)[nH]c2c1. The average molecular weight is 438 g/mol. The van der Waals surface area contributed by atoms with Crippen LogP contribution in [0.4, 0.5) is 0 Å². The number of hydrogen-bond donors (Lipinski definition) is 2. The number of methoxy groups -OCH3 is 1. The second-order valence-corrected chi connectivity index (χ2v) is 8.07. The van der Waals surface area contributed by atoms with Gasteiger partial charge in [0, 0.05) is 11.6 Å². The topological polar surface area (TPSA) is 93.2 Å². The van der Waals surface area contributed by atoms with Gasteiger partial charge < -0.3 is 15.0 Å². The first-order chi connectivity index (χ1) is 15.0. The lowest BCUT2D eigenvalue weighted by molar-refractivity contribution is 0.0600. The van der Waals surface area contributed by atoms with Crippen molar-refractivity contribution < 1.29 is 14.3 Å². The van der Waals surface area contributed by atoms with Gasteiger partial charge in [0.05, 0.1) is 29.3 Å². The largest absolute Gasteiger partial charge is 0.465 e. The van der Waals surface area contributed by atoms with Crippen molar-refractivity contribution in [3.63, 3.8) is 0 Å². The van der Waals surface area contributed by atoms with E-state index in [4.69, 9.17) is 17.0 Å². The molecule has 2 aromatic carbocycles. The fourth-order valence-electron chi connectivity index (χ4n) is 4.00. The zero-order chi connectivity index (χ0) is 22.0. The summed E-state index contributed by atoms with van der Waals surface area (Å²) >= 11 is 5.42. The molecule has 0 atom stereocenters. The Kier molecular flexibility index (Phi) is 5.99. The van der Waals surface area contributed by atoms with Gasteiger partial charge in [-0.15, -0.1) is 0 Å². The zero-order valence-electron chi connectivity index (χ0n) is 17.1. The van der Waals surface area contributed by atoms with Crippen molar-refractivity contribution >= 4 is 35.0 Å². The summed E-state index contributed by atoms with van der Waals surface area (Å²) in [6.45, 7) is 0. The molecule has 1 aromatic heterocycles. The Morgan fingerprint density at radius 2 is 1.87 bits per heavy atom. The minimum Gasteiger partial charge on any atom is -0.465 e. The van der Waals surface area contributed by atoms with Gasteiger partial charge in [-0.3, -0.25) is 14.2 Å². The van der Waals surface area contributed by atoms with Gasteiger partial charge in [0.1, 0.15) is 0 Å². The van der Waals surface area contributed by atoms with Crippen molar-refractivity contribution in [2.24, 2.45) is 0 Å². The Labute approximate surface area is 184 Å². The highest BCUT2D eigenvalue weighted by atomic mass is 32.1. The molecule has 0 unspecified atom stereocenters. The number of aromatic nitrogens is 2. The Morgan fingerprint density at radius 1 is 1.10 bits per heavy atom. The zero-order valence-corrected chi connectivity index (χ0v) is 18.0. The summed E-state index contributed by atoms with van der Waals surface area (Å²) in [6.07, 6.45) is 5.46. The van der Waals surface area contributed by atoms with Gasteiger partial charge in [-0.05, 0) is 61.5 Å². The van der Waals surface area contributed by atoms with E-state index in [0.717, 1.165) is 25.7 Å². The van der Waals surface area contributed by atoms with E-state index in [0.29, 0.717) is 27.7 Å². The highest BCUT2D eigenvalue weighted by Gasteiger charge is 2.17. The summed E-state index contributed by atoms with van der Waals surface area (Å²) in [5.41, 5.74) is 1.41. The summed E-state index contributed by atoms with van der Waals surface area (Å²) in [4.78, 5) is 40.7. The van der Waals surface area contributed by atoms with E-state index in [9.17, 15) is 14.4 Å². The van der Waals surface area contributed by atoms with Crippen molar-refractivity contribution in [3.8, 4) is 5.69 Å². The molecule has 1 aliphatic carbocycles. The molecule has 1 aliphatic rings. The molecule has 2 N–H and O–H groups in total. The van der Waals surface area contributed by atoms with Crippen LogP contribution >= 0.6 is 12.2 Å². The van der Waals surface area contributed by atoms with Crippen LogP contribution in [0.2, 0.25) is 0 Å². The maximum Gasteiger partial charge on any atom is 0.337 e. The molecule has 0 spiro atoms. The molecule has 3 aromatic rings. The molecule has 0 radical (unpaired) electrons. The van der Waals surface area contributed by atoms with Gasteiger partial charge in [-0.2, -0.15) is 0 Å². The molecule has 1 amide bonds. The normalized spacial score (nSPS) is 14.4. The van der Waals surface area contributed by atoms with Crippen molar-refractivity contribution in [3.05, 3.63) is 68.7 Å². The maximum atomic E-state index is 13.2. The molecular weight excluding hydrogens is 414 g/mol. The second kappa shape index (κ2) is 8.85. The average Bonchev–Trinajstić information content (AvgIpc) is 2.79. The first-order valence-electron chi connectivity index (χ1n) is 10.3. The Balaban J connectivity index is 1.71. The molecule has 1 fully saturated rings. The predicted molar refractivity (Wildman–Crippen MR) is 120 cm³/mol.